The molecule has 0 saturated carbocycles. The van der Waals surface area contributed by atoms with Gasteiger partial charge in [0.1, 0.15) is 23.3 Å². The molecule has 0 spiro atoms. The molecule has 0 fully saturated rings. The summed E-state index contributed by atoms with van der Waals surface area (Å²) in [4.78, 5) is 0. The molecular formula is C15H12FN5O. The average Bonchev–Trinajstić information content (AvgIpc) is 3.06. The van der Waals surface area contributed by atoms with Gasteiger partial charge in [-0.15, -0.1) is 5.10 Å². The van der Waals surface area contributed by atoms with Gasteiger partial charge in [0.05, 0.1) is 12.2 Å². The average molecular weight is 297 g/mol. The Morgan fingerprint density at radius 2 is 2.00 bits per heavy atom. The fourth-order valence-corrected chi connectivity index (χ4v) is 2.27. The van der Waals surface area contributed by atoms with Crippen molar-refractivity contribution in [2.45, 2.75) is 20.4 Å². The zero-order chi connectivity index (χ0) is 15.7. The predicted octanol–water partition coefficient (Wildman–Crippen LogP) is 2.61. The molecule has 0 atom stereocenters. The van der Waals surface area contributed by atoms with E-state index in [2.05, 4.69) is 15.5 Å². The molecule has 2 aromatic heterocycles. The molecule has 0 unspecified atom stereocenters. The van der Waals surface area contributed by atoms with Crippen molar-refractivity contribution in [3.63, 3.8) is 0 Å². The van der Waals surface area contributed by atoms with Crippen LogP contribution in [0.5, 0.6) is 0 Å². The topological polar surface area (TPSA) is 80.5 Å². The largest absolute Gasteiger partial charge is 0.361 e. The van der Waals surface area contributed by atoms with Crippen molar-refractivity contribution in [1.29, 1.82) is 5.26 Å². The van der Waals surface area contributed by atoms with E-state index in [0.717, 1.165) is 11.3 Å². The Morgan fingerprint density at radius 1 is 1.27 bits per heavy atom. The fourth-order valence-electron chi connectivity index (χ4n) is 2.27. The van der Waals surface area contributed by atoms with E-state index in [1.165, 1.54) is 12.1 Å². The number of hydrogen-bond donors (Lipinski definition) is 0. The summed E-state index contributed by atoms with van der Waals surface area (Å²) >= 11 is 0. The maximum absolute atomic E-state index is 13.1. The lowest BCUT2D eigenvalue weighted by Gasteiger charge is -2.06. The van der Waals surface area contributed by atoms with Crippen molar-refractivity contribution in [2.24, 2.45) is 0 Å². The second-order valence-electron chi connectivity index (χ2n) is 4.87. The lowest BCUT2D eigenvalue weighted by atomic mass is 10.1. The highest BCUT2D eigenvalue weighted by molar-refractivity contribution is 5.64. The molecule has 0 aliphatic carbocycles. The number of rotatable bonds is 3. The third-order valence-electron chi connectivity index (χ3n) is 3.45. The Morgan fingerprint density at radius 3 is 2.59 bits per heavy atom. The number of halogens is 1. The van der Waals surface area contributed by atoms with Crippen LogP contribution in [0.3, 0.4) is 0 Å². The maximum atomic E-state index is 13.1. The molecule has 0 saturated heterocycles. The minimum atomic E-state index is -0.341. The summed E-state index contributed by atoms with van der Waals surface area (Å²) in [6.07, 6.45) is 0. The quantitative estimate of drug-likeness (QED) is 0.742. The highest BCUT2D eigenvalue weighted by Crippen LogP contribution is 2.24. The minimum absolute atomic E-state index is 0.193. The molecule has 0 radical (unpaired) electrons. The molecule has 7 heteroatoms. The summed E-state index contributed by atoms with van der Waals surface area (Å²) in [5, 5.41) is 21.0. The molecule has 0 N–H and O–H groups in total. The smallest absolute Gasteiger partial charge is 0.190 e. The van der Waals surface area contributed by atoms with E-state index in [4.69, 9.17) is 4.52 Å². The van der Waals surface area contributed by atoms with Crippen LogP contribution in [0.25, 0.3) is 11.3 Å². The lowest BCUT2D eigenvalue weighted by molar-refractivity contribution is 0.391. The van der Waals surface area contributed by atoms with E-state index >= 15 is 0 Å². The molecule has 0 aliphatic rings. The summed E-state index contributed by atoms with van der Waals surface area (Å²) in [6.45, 7) is 4.03. The summed E-state index contributed by atoms with van der Waals surface area (Å²) in [5.41, 5.74) is 3.06. The van der Waals surface area contributed by atoms with Crippen LogP contribution in [-0.4, -0.2) is 20.2 Å². The molecular weight excluding hydrogens is 285 g/mol. The normalized spacial score (nSPS) is 10.6. The molecule has 0 amide bonds. The van der Waals surface area contributed by atoms with Gasteiger partial charge < -0.3 is 4.52 Å². The number of benzene rings is 1. The van der Waals surface area contributed by atoms with Gasteiger partial charge in [0, 0.05) is 11.1 Å². The second kappa shape index (κ2) is 5.41. The van der Waals surface area contributed by atoms with Gasteiger partial charge in [0.2, 0.25) is 0 Å². The molecule has 1 aromatic carbocycles. The van der Waals surface area contributed by atoms with Gasteiger partial charge in [0.15, 0.2) is 5.69 Å². The third-order valence-corrected chi connectivity index (χ3v) is 3.45. The fraction of sp³-hybridized carbons (Fsp3) is 0.200. The Labute approximate surface area is 125 Å². The van der Waals surface area contributed by atoms with Crippen molar-refractivity contribution >= 4 is 0 Å². The second-order valence-corrected chi connectivity index (χ2v) is 4.87. The van der Waals surface area contributed by atoms with E-state index in [0.29, 0.717) is 23.6 Å². The molecule has 22 heavy (non-hydrogen) atoms. The Hall–Kier alpha value is -3.01. The van der Waals surface area contributed by atoms with Crippen LogP contribution in [0.2, 0.25) is 0 Å². The Balaban J connectivity index is 2.08. The monoisotopic (exact) mass is 297 g/mol. The zero-order valence-electron chi connectivity index (χ0n) is 12.0. The van der Waals surface area contributed by atoms with E-state index in [-0.39, 0.29) is 11.5 Å². The summed E-state index contributed by atoms with van der Waals surface area (Å²) in [7, 11) is 0. The van der Waals surface area contributed by atoms with Gasteiger partial charge in [0.25, 0.3) is 0 Å². The first kappa shape index (κ1) is 13.9. The molecule has 2 heterocycles. The van der Waals surface area contributed by atoms with Crippen LogP contribution in [0.4, 0.5) is 4.39 Å². The van der Waals surface area contributed by atoms with Crippen molar-refractivity contribution in [2.75, 3.05) is 0 Å². The van der Waals surface area contributed by atoms with Crippen molar-refractivity contribution in [1.82, 2.24) is 20.2 Å². The van der Waals surface area contributed by atoms with Gasteiger partial charge in [-0.3, -0.25) is 0 Å². The van der Waals surface area contributed by atoms with Gasteiger partial charge in [-0.2, -0.15) is 5.26 Å². The van der Waals surface area contributed by atoms with E-state index in [9.17, 15) is 9.65 Å². The van der Waals surface area contributed by atoms with E-state index in [1.54, 1.807) is 16.8 Å². The minimum Gasteiger partial charge on any atom is -0.361 e. The number of aromatic nitrogens is 4. The van der Waals surface area contributed by atoms with E-state index < -0.39 is 0 Å². The molecule has 0 bridgehead atoms. The number of nitrogens with zero attached hydrogens (tertiary/aromatic N) is 5. The van der Waals surface area contributed by atoms with Crippen LogP contribution in [0.1, 0.15) is 22.7 Å². The van der Waals surface area contributed by atoms with Crippen LogP contribution < -0.4 is 0 Å². The van der Waals surface area contributed by atoms with Gasteiger partial charge in [-0.25, -0.2) is 9.07 Å². The van der Waals surface area contributed by atoms with Crippen LogP contribution in [-0.2, 0) is 6.54 Å². The van der Waals surface area contributed by atoms with Gasteiger partial charge in [-0.05, 0) is 38.1 Å². The highest BCUT2D eigenvalue weighted by Gasteiger charge is 2.18. The zero-order valence-corrected chi connectivity index (χ0v) is 12.0. The molecule has 3 rings (SSSR count). The summed E-state index contributed by atoms with van der Waals surface area (Å²) in [6, 6.07) is 7.88. The number of aryl methyl sites for hydroxylation is 2. The first-order valence-electron chi connectivity index (χ1n) is 6.61. The number of hydrogen-bond acceptors (Lipinski definition) is 5. The van der Waals surface area contributed by atoms with Gasteiger partial charge in [-0.1, -0.05) is 10.4 Å². The first-order valence-corrected chi connectivity index (χ1v) is 6.61. The Bertz CT molecular complexity index is 838. The third kappa shape index (κ3) is 2.35. The molecule has 0 aliphatic heterocycles. The standard InChI is InChI=1S/C15H12FN5O/c1-9-13(10(2)22-19-9)8-21-15(14(7-17)18-20-21)11-3-5-12(16)6-4-11/h3-6H,8H2,1-2H3. The van der Waals surface area contributed by atoms with E-state index in [1.807, 2.05) is 19.9 Å². The number of nitriles is 1. The lowest BCUT2D eigenvalue weighted by Crippen LogP contribution is -2.06. The maximum Gasteiger partial charge on any atom is 0.190 e. The summed E-state index contributed by atoms with van der Waals surface area (Å²) < 4.78 is 19.8. The van der Waals surface area contributed by atoms with Crippen molar-refractivity contribution in [3.8, 4) is 17.3 Å². The van der Waals surface area contributed by atoms with Crippen molar-refractivity contribution in [3.05, 3.63) is 52.8 Å². The van der Waals surface area contributed by atoms with Gasteiger partial charge >= 0.3 is 0 Å². The molecule has 3 aromatic rings. The Kier molecular flexibility index (Phi) is 3.43. The van der Waals surface area contributed by atoms with Crippen LogP contribution >= 0.6 is 0 Å². The predicted molar refractivity (Wildman–Crippen MR) is 75.2 cm³/mol. The van der Waals surface area contributed by atoms with Crippen molar-refractivity contribution < 1.29 is 8.91 Å². The summed E-state index contributed by atoms with van der Waals surface area (Å²) in [5.74, 6) is 0.351. The highest BCUT2D eigenvalue weighted by atomic mass is 19.1. The SMILES string of the molecule is Cc1noc(C)c1Cn1nnc(C#N)c1-c1ccc(F)cc1. The first-order chi connectivity index (χ1) is 10.6. The molecule has 6 nitrogen and oxygen atoms in total. The van der Waals surface area contributed by atoms with Crippen LogP contribution in [0.15, 0.2) is 28.8 Å². The van der Waals surface area contributed by atoms with Crippen LogP contribution in [0, 0.1) is 31.0 Å². The molecule has 110 valence electrons.